The van der Waals surface area contributed by atoms with Crippen LogP contribution >= 0.6 is 11.3 Å². The highest BCUT2D eigenvalue weighted by Gasteiger charge is 2.22. The summed E-state index contributed by atoms with van der Waals surface area (Å²) in [6.07, 6.45) is 1.90. The SMILES string of the molecule is Cc1nn(C)c2nc(N3CCC(C#N)CC3)sc12. The average molecular weight is 261 g/mol. The Morgan fingerprint density at radius 3 is 2.72 bits per heavy atom. The molecule has 1 saturated heterocycles. The van der Waals surface area contributed by atoms with E-state index in [0.717, 1.165) is 42.4 Å². The van der Waals surface area contributed by atoms with Crippen molar-refractivity contribution in [1.29, 1.82) is 5.26 Å². The van der Waals surface area contributed by atoms with Gasteiger partial charge in [0.25, 0.3) is 0 Å². The highest BCUT2D eigenvalue weighted by Crippen LogP contribution is 2.32. The molecule has 0 aliphatic carbocycles. The molecule has 0 bridgehead atoms. The number of fused-ring (bicyclic) bond motifs is 1. The Morgan fingerprint density at radius 1 is 1.39 bits per heavy atom. The Labute approximate surface area is 110 Å². The summed E-state index contributed by atoms with van der Waals surface area (Å²) < 4.78 is 3.02. The molecule has 6 heteroatoms. The van der Waals surface area contributed by atoms with E-state index in [1.807, 2.05) is 18.7 Å². The van der Waals surface area contributed by atoms with Gasteiger partial charge in [-0.15, -0.1) is 0 Å². The van der Waals surface area contributed by atoms with Crippen LogP contribution in [0.2, 0.25) is 0 Å². The van der Waals surface area contributed by atoms with Crippen molar-refractivity contribution in [3.8, 4) is 6.07 Å². The summed E-state index contributed by atoms with van der Waals surface area (Å²) in [4.78, 5) is 6.96. The molecule has 94 valence electrons. The normalized spacial score (nSPS) is 17.3. The lowest BCUT2D eigenvalue weighted by molar-refractivity contribution is 0.487. The van der Waals surface area contributed by atoms with Crippen LogP contribution < -0.4 is 4.90 Å². The average Bonchev–Trinajstić information content (AvgIpc) is 2.93. The first-order valence-electron chi connectivity index (χ1n) is 6.13. The van der Waals surface area contributed by atoms with E-state index in [1.165, 1.54) is 4.70 Å². The molecule has 0 amide bonds. The summed E-state index contributed by atoms with van der Waals surface area (Å²) in [5.74, 6) is 0.221. The van der Waals surface area contributed by atoms with E-state index in [2.05, 4.69) is 21.1 Å². The largest absolute Gasteiger partial charge is 0.348 e. The van der Waals surface area contributed by atoms with E-state index >= 15 is 0 Å². The number of thiazole rings is 1. The summed E-state index contributed by atoms with van der Waals surface area (Å²) in [5.41, 5.74) is 2.01. The molecule has 3 rings (SSSR count). The van der Waals surface area contributed by atoms with Crippen molar-refractivity contribution in [3.05, 3.63) is 5.69 Å². The second-order valence-electron chi connectivity index (χ2n) is 4.75. The maximum Gasteiger partial charge on any atom is 0.188 e. The zero-order valence-electron chi connectivity index (χ0n) is 10.6. The third-order valence-electron chi connectivity index (χ3n) is 3.48. The minimum Gasteiger partial charge on any atom is -0.348 e. The fourth-order valence-electron chi connectivity index (χ4n) is 2.41. The molecule has 1 aliphatic rings. The molecule has 0 unspecified atom stereocenters. The molecule has 3 heterocycles. The third kappa shape index (κ3) is 1.75. The van der Waals surface area contributed by atoms with Gasteiger partial charge < -0.3 is 4.90 Å². The monoisotopic (exact) mass is 261 g/mol. The van der Waals surface area contributed by atoms with Gasteiger partial charge in [-0.2, -0.15) is 10.4 Å². The van der Waals surface area contributed by atoms with Gasteiger partial charge in [0.15, 0.2) is 10.8 Å². The molecule has 0 N–H and O–H groups in total. The topological polar surface area (TPSA) is 57.7 Å². The molecule has 1 aliphatic heterocycles. The van der Waals surface area contributed by atoms with Crippen molar-refractivity contribution in [2.75, 3.05) is 18.0 Å². The molecule has 0 saturated carbocycles. The van der Waals surface area contributed by atoms with Crippen LogP contribution in [0.4, 0.5) is 5.13 Å². The van der Waals surface area contributed by atoms with Gasteiger partial charge in [-0.3, -0.25) is 0 Å². The minimum absolute atomic E-state index is 0.221. The van der Waals surface area contributed by atoms with Crippen LogP contribution in [0.3, 0.4) is 0 Å². The van der Waals surface area contributed by atoms with E-state index < -0.39 is 0 Å². The van der Waals surface area contributed by atoms with Crippen LogP contribution in [0.15, 0.2) is 0 Å². The van der Waals surface area contributed by atoms with Crippen molar-refractivity contribution in [3.63, 3.8) is 0 Å². The second kappa shape index (κ2) is 4.25. The Morgan fingerprint density at radius 2 is 2.11 bits per heavy atom. The first-order chi connectivity index (χ1) is 8.69. The molecule has 1 fully saturated rings. The van der Waals surface area contributed by atoms with Crippen LogP contribution in [0.5, 0.6) is 0 Å². The van der Waals surface area contributed by atoms with Gasteiger partial charge in [0.1, 0.15) is 0 Å². The quantitative estimate of drug-likeness (QED) is 0.788. The summed E-state index contributed by atoms with van der Waals surface area (Å²) in [7, 11) is 1.93. The zero-order valence-corrected chi connectivity index (χ0v) is 11.4. The maximum absolute atomic E-state index is 8.91. The molecule has 18 heavy (non-hydrogen) atoms. The minimum atomic E-state index is 0.221. The van der Waals surface area contributed by atoms with E-state index in [0.29, 0.717) is 0 Å². The zero-order chi connectivity index (χ0) is 12.7. The fourth-order valence-corrected chi connectivity index (χ4v) is 3.49. The van der Waals surface area contributed by atoms with E-state index in [9.17, 15) is 0 Å². The van der Waals surface area contributed by atoms with E-state index in [4.69, 9.17) is 5.26 Å². The molecular formula is C12H15N5S. The molecule has 5 nitrogen and oxygen atoms in total. The van der Waals surface area contributed by atoms with Crippen molar-refractivity contribution < 1.29 is 0 Å². The lowest BCUT2D eigenvalue weighted by Crippen LogP contribution is -2.33. The summed E-state index contributed by atoms with van der Waals surface area (Å²) in [6.45, 7) is 3.89. The highest BCUT2D eigenvalue weighted by molar-refractivity contribution is 7.22. The fraction of sp³-hybridized carbons (Fsp3) is 0.583. The molecular weight excluding hydrogens is 246 g/mol. The number of hydrogen-bond acceptors (Lipinski definition) is 5. The lowest BCUT2D eigenvalue weighted by Gasteiger charge is -2.28. The van der Waals surface area contributed by atoms with Crippen molar-refractivity contribution >= 4 is 26.8 Å². The smallest absolute Gasteiger partial charge is 0.188 e. The van der Waals surface area contributed by atoms with Gasteiger partial charge in [0.2, 0.25) is 0 Å². The lowest BCUT2D eigenvalue weighted by atomic mass is 9.99. The number of aryl methyl sites for hydroxylation is 2. The van der Waals surface area contributed by atoms with Crippen LogP contribution in [0, 0.1) is 24.2 Å². The number of anilines is 1. The van der Waals surface area contributed by atoms with Gasteiger partial charge in [-0.25, -0.2) is 9.67 Å². The van der Waals surface area contributed by atoms with Crippen molar-refractivity contribution in [2.45, 2.75) is 19.8 Å². The Bertz CT molecular complexity index is 578. The summed E-state index contributed by atoms with van der Waals surface area (Å²) >= 11 is 1.71. The predicted molar refractivity (Wildman–Crippen MR) is 71.7 cm³/mol. The standard InChI is InChI=1S/C12H15N5S/c1-8-10-11(16(2)15-8)14-12(18-10)17-5-3-9(7-13)4-6-17/h9H,3-6H2,1-2H3. The first-order valence-corrected chi connectivity index (χ1v) is 6.95. The number of aromatic nitrogens is 3. The highest BCUT2D eigenvalue weighted by atomic mass is 32.1. The molecule has 0 radical (unpaired) electrons. The van der Waals surface area contributed by atoms with E-state index in [-0.39, 0.29) is 5.92 Å². The number of hydrogen-bond donors (Lipinski definition) is 0. The molecule has 0 atom stereocenters. The Hall–Kier alpha value is -1.61. The molecule has 0 aromatic carbocycles. The van der Waals surface area contributed by atoms with Gasteiger partial charge in [0, 0.05) is 26.1 Å². The van der Waals surface area contributed by atoms with Gasteiger partial charge in [-0.05, 0) is 19.8 Å². The maximum atomic E-state index is 8.91. The van der Waals surface area contributed by atoms with Crippen molar-refractivity contribution in [1.82, 2.24) is 14.8 Å². The number of piperidine rings is 1. The Balaban J connectivity index is 1.87. The third-order valence-corrected chi connectivity index (χ3v) is 4.70. The summed E-state index contributed by atoms with van der Waals surface area (Å²) in [6, 6.07) is 2.36. The number of nitriles is 1. The van der Waals surface area contributed by atoms with Gasteiger partial charge >= 0.3 is 0 Å². The van der Waals surface area contributed by atoms with Gasteiger partial charge in [0.05, 0.1) is 16.5 Å². The second-order valence-corrected chi connectivity index (χ2v) is 5.73. The first kappa shape index (κ1) is 11.5. The van der Waals surface area contributed by atoms with Crippen LogP contribution in [0.25, 0.3) is 10.3 Å². The van der Waals surface area contributed by atoms with Crippen LogP contribution in [-0.2, 0) is 7.05 Å². The van der Waals surface area contributed by atoms with E-state index in [1.54, 1.807) is 11.3 Å². The van der Waals surface area contributed by atoms with Gasteiger partial charge in [-0.1, -0.05) is 11.3 Å². The molecule has 0 spiro atoms. The molecule has 2 aromatic heterocycles. The van der Waals surface area contributed by atoms with Crippen LogP contribution in [-0.4, -0.2) is 27.9 Å². The number of nitrogens with zero attached hydrogens (tertiary/aromatic N) is 5. The Kier molecular flexibility index (Phi) is 2.71. The number of rotatable bonds is 1. The predicted octanol–water partition coefficient (Wildman–Crippen LogP) is 2.08. The van der Waals surface area contributed by atoms with Crippen LogP contribution in [0.1, 0.15) is 18.5 Å². The van der Waals surface area contributed by atoms with Crippen molar-refractivity contribution in [2.24, 2.45) is 13.0 Å². The molecule has 2 aromatic rings. The summed E-state index contributed by atoms with van der Waals surface area (Å²) in [5, 5.41) is 14.3.